The maximum Gasteiger partial charge on any atom is 0.510 e. The van der Waals surface area contributed by atoms with E-state index in [1.807, 2.05) is 20.8 Å². The molecule has 0 aliphatic rings. The van der Waals surface area contributed by atoms with E-state index in [-0.39, 0.29) is 12.9 Å². The zero-order chi connectivity index (χ0) is 9.40. The summed E-state index contributed by atoms with van der Waals surface area (Å²) < 4.78 is 14.2. The molecule has 4 nitrogen and oxygen atoms in total. The molecule has 0 spiro atoms. The second-order valence-electron chi connectivity index (χ2n) is 2.58. The molecule has 0 atom stereocenters. The summed E-state index contributed by atoms with van der Waals surface area (Å²) in [6, 6.07) is 0. The van der Waals surface area contributed by atoms with Gasteiger partial charge in [0.1, 0.15) is 0 Å². The Morgan fingerprint density at radius 3 is 2.50 bits per heavy atom. The van der Waals surface area contributed by atoms with Gasteiger partial charge in [-0.25, -0.2) is 4.79 Å². The summed E-state index contributed by atoms with van der Waals surface area (Å²) in [5, 5.41) is 0. The third-order valence-electron chi connectivity index (χ3n) is 1.00. The summed E-state index contributed by atoms with van der Waals surface area (Å²) in [5.41, 5.74) is 0. The van der Waals surface area contributed by atoms with E-state index >= 15 is 0 Å². The molecule has 0 saturated heterocycles. The third kappa shape index (κ3) is 7.34. The van der Waals surface area contributed by atoms with Crippen LogP contribution in [0.4, 0.5) is 4.79 Å². The molecule has 0 aromatic carbocycles. The predicted molar refractivity (Wildman–Crippen MR) is 43.8 cm³/mol. The molecule has 0 unspecified atom stereocenters. The zero-order valence-corrected chi connectivity index (χ0v) is 7.83. The summed E-state index contributed by atoms with van der Waals surface area (Å²) >= 11 is 0. The van der Waals surface area contributed by atoms with Crippen molar-refractivity contribution >= 4 is 6.16 Å². The maximum atomic E-state index is 10.7. The Labute approximate surface area is 72.8 Å². The monoisotopic (exact) mass is 176 g/mol. The quantitative estimate of drug-likeness (QED) is 0.474. The van der Waals surface area contributed by atoms with Crippen LogP contribution >= 0.6 is 0 Å². The number of hydrogen-bond donors (Lipinski definition) is 0. The molecule has 0 heterocycles. The molecule has 0 aliphatic heterocycles. The van der Waals surface area contributed by atoms with E-state index in [9.17, 15) is 4.79 Å². The van der Waals surface area contributed by atoms with Crippen LogP contribution in [0.25, 0.3) is 0 Å². The lowest BCUT2D eigenvalue weighted by atomic mass is 10.5. The van der Waals surface area contributed by atoms with E-state index in [0.29, 0.717) is 6.61 Å². The smallest absolute Gasteiger partial charge is 0.434 e. The van der Waals surface area contributed by atoms with E-state index in [4.69, 9.17) is 4.74 Å². The van der Waals surface area contributed by atoms with E-state index in [0.717, 1.165) is 6.42 Å². The Morgan fingerprint density at radius 1 is 1.33 bits per heavy atom. The van der Waals surface area contributed by atoms with Gasteiger partial charge in [0.15, 0.2) is 6.79 Å². The van der Waals surface area contributed by atoms with E-state index in [1.165, 1.54) is 0 Å². The van der Waals surface area contributed by atoms with Crippen molar-refractivity contribution in [2.24, 2.45) is 0 Å². The van der Waals surface area contributed by atoms with Crippen LogP contribution < -0.4 is 0 Å². The van der Waals surface area contributed by atoms with Gasteiger partial charge in [0.05, 0.1) is 12.7 Å². The lowest BCUT2D eigenvalue weighted by Crippen LogP contribution is -2.13. The van der Waals surface area contributed by atoms with Gasteiger partial charge in [0.2, 0.25) is 0 Å². The van der Waals surface area contributed by atoms with Crippen molar-refractivity contribution in [1.82, 2.24) is 0 Å². The van der Waals surface area contributed by atoms with Gasteiger partial charge in [0, 0.05) is 0 Å². The minimum absolute atomic E-state index is 0.0415. The predicted octanol–water partition coefficient (Wildman–Crippen LogP) is 1.93. The van der Waals surface area contributed by atoms with Crippen LogP contribution in [0.2, 0.25) is 0 Å². The number of hydrogen-bond acceptors (Lipinski definition) is 4. The first kappa shape index (κ1) is 11.2. The first-order valence-electron chi connectivity index (χ1n) is 4.08. The highest BCUT2D eigenvalue weighted by Gasteiger charge is 2.02. The second-order valence-corrected chi connectivity index (χ2v) is 2.58. The minimum Gasteiger partial charge on any atom is -0.434 e. The fourth-order valence-corrected chi connectivity index (χ4v) is 0.445. The summed E-state index contributed by atoms with van der Waals surface area (Å²) in [7, 11) is 0. The molecule has 0 fully saturated rings. The van der Waals surface area contributed by atoms with Gasteiger partial charge in [-0.3, -0.25) is 0 Å². The summed E-state index contributed by atoms with van der Waals surface area (Å²) in [4.78, 5) is 10.7. The number of rotatable bonds is 5. The Kier molecular flexibility index (Phi) is 6.47. The first-order chi connectivity index (χ1) is 5.66. The summed E-state index contributed by atoms with van der Waals surface area (Å²) in [6.45, 7) is 5.99. The molecule has 72 valence electrons. The van der Waals surface area contributed by atoms with Crippen LogP contribution in [0.15, 0.2) is 0 Å². The van der Waals surface area contributed by atoms with Crippen LogP contribution in [0.5, 0.6) is 0 Å². The highest BCUT2D eigenvalue weighted by atomic mass is 16.8. The fourth-order valence-electron chi connectivity index (χ4n) is 0.445. The fraction of sp³-hybridized carbons (Fsp3) is 0.875. The first-order valence-corrected chi connectivity index (χ1v) is 4.08. The van der Waals surface area contributed by atoms with Crippen LogP contribution in [-0.4, -0.2) is 25.7 Å². The van der Waals surface area contributed by atoms with Gasteiger partial charge in [0.25, 0.3) is 0 Å². The molecule has 0 N–H and O–H groups in total. The van der Waals surface area contributed by atoms with Crippen molar-refractivity contribution < 1.29 is 19.0 Å². The maximum absolute atomic E-state index is 10.7. The van der Waals surface area contributed by atoms with Gasteiger partial charge in [-0.2, -0.15) is 0 Å². The molecule has 12 heavy (non-hydrogen) atoms. The minimum atomic E-state index is -0.669. The molecule has 0 aromatic heterocycles. The Hall–Kier alpha value is -0.770. The van der Waals surface area contributed by atoms with Gasteiger partial charge in [-0.1, -0.05) is 6.92 Å². The summed E-state index contributed by atoms with van der Waals surface area (Å²) in [6.07, 6.45) is 0.182. The Balaban J connectivity index is 3.20. The molecule has 0 aliphatic carbocycles. The third-order valence-corrected chi connectivity index (χ3v) is 1.00. The van der Waals surface area contributed by atoms with Crippen molar-refractivity contribution in [2.75, 3.05) is 13.4 Å². The van der Waals surface area contributed by atoms with Gasteiger partial charge in [-0.15, -0.1) is 0 Å². The van der Waals surface area contributed by atoms with Crippen molar-refractivity contribution in [1.29, 1.82) is 0 Å². The number of carbonyl (C=O) groups is 1. The molecule has 0 saturated carbocycles. The lowest BCUT2D eigenvalue weighted by molar-refractivity contribution is -0.0661. The SMILES string of the molecule is CCCOC(=O)OCOC(C)C. The molecule has 0 radical (unpaired) electrons. The van der Waals surface area contributed by atoms with Crippen molar-refractivity contribution in [3.63, 3.8) is 0 Å². The van der Waals surface area contributed by atoms with Crippen LogP contribution in [-0.2, 0) is 14.2 Å². The summed E-state index contributed by atoms with van der Waals surface area (Å²) in [5.74, 6) is 0. The lowest BCUT2D eigenvalue weighted by Gasteiger charge is -2.07. The topological polar surface area (TPSA) is 44.8 Å². The standard InChI is InChI=1S/C8H16O4/c1-4-5-10-8(9)12-6-11-7(2)3/h7H,4-6H2,1-3H3. The van der Waals surface area contributed by atoms with E-state index in [1.54, 1.807) is 0 Å². The highest BCUT2D eigenvalue weighted by Crippen LogP contribution is 1.91. The molecular weight excluding hydrogens is 160 g/mol. The van der Waals surface area contributed by atoms with Crippen molar-refractivity contribution in [2.45, 2.75) is 33.3 Å². The molecular formula is C8H16O4. The average Bonchev–Trinajstić information content (AvgIpc) is 2.00. The largest absolute Gasteiger partial charge is 0.510 e. The van der Waals surface area contributed by atoms with Crippen molar-refractivity contribution in [3.05, 3.63) is 0 Å². The number of carbonyl (C=O) groups excluding carboxylic acids is 1. The molecule has 0 rings (SSSR count). The van der Waals surface area contributed by atoms with Crippen molar-refractivity contribution in [3.8, 4) is 0 Å². The van der Waals surface area contributed by atoms with Crippen LogP contribution in [0.3, 0.4) is 0 Å². The van der Waals surface area contributed by atoms with E-state index < -0.39 is 6.16 Å². The second kappa shape index (κ2) is 6.91. The zero-order valence-electron chi connectivity index (χ0n) is 7.83. The number of ether oxygens (including phenoxy) is 3. The Morgan fingerprint density at radius 2 is 2.00 bits per heavy atom. The van der Waals surface area contributed by atoms with Gasteiger partial charge < -0.3 is 14.2 Å². The van der Waals surface area contributed by atoms with Crippen LogP contribution in [0, 0.1) is 0 Å². The average molecular weight is 176 g/mol. The molecule has 4 heteroatoms. The molecule has 0 amide bonds. The van der Waals surface area contributed by atoms with E-state index in [2.05, 4.69) is 9.47 Å². The van der Waals surface area contributed by atoms with Crippen LogP contribution in [0.1, 0.15) is 27.2 Å². The van der Waals surface area contributed by atoms with Gasteiger partial charge >= 0.3 is 6.16 Å². The van der Waals surface area contributed by atoms with Gasteiger partial charge in [-0.05, 0) is 20.3 Å². The highest BCUT2D eigenvalue weighted by molar-refractivity contribution is 5.59. The normalized spacial score (nSPS) is 10.0. The Bertz CT molecular complexity index is 122. The molecule has 0 bridgehead atoms. The molecule has 0 aromatic rings.